The van der Waals surface area contributed by atoms with Crippen molar-refractivity contribution in [2.45, 2.75) is 35.4 Å². The van der Waals surface area contributed by atoms with E-state index in [2.05, 4.69) is 21.0 Å². The number of aryl methyl sites for hydroxylation is 1. The molecule has 124 valence electrons. The average Bonchev–Trinajstić information content (AvgIpc) is 3.34. The van der Waals surface area contributed by atoms with Gasteiger partial charge in [-0.1, -0.05) is 11.8 Å². The number of hydrogen-bond donors (Lipinski definition) is 1. The lowest BCUT2D eigenvalue weighted by Crippen LogP contribution is -1.98. The van der Waals surface area contributed by atoms with Gasteiger partial charge >= 0.3 is 0 Å². The van der Waals surface area contributed by atoms with Crippen LogP contribution in [-0.4, -0.2) is 27.0 Å². The number of furan rings is 1. The van der Waals surface area contributed by atoms with Crippen molar-refractivity contribution in [3.8, 4) is 0 Å². The monoisotopic (exact) mass is 358 g/mol. The summed E-state index contributed by atoms with van der Waals surface area (Å²) in [5, 5.41) is 2.84. The Labute approximate surface area is 148 Å². The summed E-state index contributed by atoms with van der Waals surface area (Å²) in [6.45, 7) is 0. The lowest BCUT2D eigenvalue weighted by molar-refractivity contribution is 0.609. The summed E-state index contributed by atoms with van der Waals surface area (Å²) in [5.41, 5.74) is 9.12. The summed E-state index contributed by atoms with van der Waals surface area (Å²) >= 11 is 3.18. The lowest BCUT2D eigenvalue weighted by atomic mass is 10.1. The Balaban J connectivity index is 1.45. The largest absolute Gasteiger partial charge is 0.462 e. The molecule has 3 heterocycles. The third-order valence-corrected chi connectivity index (χ3v) is 5.54. The number of nitrogen functional groups attached to an aromatic ring is 1. The fraction of sp³-hybridized carbons (Fsp3) is 0.353. The smallest absolute Gasteiger partial charge is 0.190 e. The molecule has 1 aliphatic carbocycles. The second kappa shape index (κ2) is 6.64. The molecule has 7 heteroatoms. The number of hydrogen-bond acceptors (Lipinski definition) is 7. The van der Waals surface area contributed by atoms with E-state index in [4.69, 9.17) is 10.2 Å². The Morgan fingerprint density at radius 1 is 1.29 bits per heavy atom. The fourth-order valence-corrected chi connectivity index (χ4v) is 3.98. The molecule has 0 aromatic carbocycles. The minimum Gasteiger partial charge on any atom is -0.462 e. The first-order chi connectivity index (χ1) is 11.7. The van der Waals surface area contributed by atoms with Gasteiger partial charge < -0.3 is 10.2 Å². The van der Waals surface area contributed by atoms with Crippen molar-refractivity contribution in [2.75, 3.05) is 17.7 Å². The van der Waals surface area contributed by atoms with E-state index >= 15 is 0 Å². The minimum absolute atomic E-state index is 0.517. The highest BCUT2D eigenvalue weighted by Gasteiger charge is 2.27. The number of aromatic nitrogens is 3. The van der Waals surface area contributed by atoms with Crippen LogP contribution in [0.4, 0.5) is 5.82 Å². The quantitative estimate of drug-likeness (QED) is 0.403. The zero-order valence-electron chi connectivity index (χ0n) is 13.4. The van der Waals surface area contributed by atoms with E-state index in [1.54, 1.807) is 29.6 Å². The lowest BCUT2D eigenvalue weighted by Gasteiger charge is -2.04. The first-order valence-corrected chi connectivity index (χ1v) is 10.1. The van der Waals surface area contributed by atoms with Crippen LogP contribution in [0.5, 0.6) is 0 Å². The average molecular weight is 358 g/mol. The molecule has 3 aromatic heterocycles. The number of rotatable bonds is 6. The van der Waals surface area contributed by atoms with Gasteiger partial charge in [0.1, 0.15) is 10.8 Å². The summed E-state index contributed by atoms with van der Waals surface area (Å²) < 4.78 is 5.61. The van der Waals surface area contributed by atoms with E-state index in [1.165, 1.54) is 23.8 Å². The van der Waals surface area contributed by atoms with Crippen LogP contribution < -0.4 is 5.73 Å². The summed E-state index contributed by atoms with van der Waals surface area (Å²) in [5.74, 6) is 2.07. The van der Waals surface area contributed by atoms with E-state index in [-0.39, 0.29) is 0 Å². The molecule has 5 nitrogen and oxygen atoms in total. The van der Waals surface area contributed by atoms with Crippen LogP contribution in [0.2, 0.25) is 0 Å². The molecule has 0 amide bonds. The van der Waals surface area contributed by atoms with Gasteiger partial charge in [0.05, 0.1) is 12.5 Å². The zero-order valence-corrected chi connectivity index (χ0v) is 15.0. The molecule has 0 radical (unpaired) electrons. The highest BCUT2D eigenvalue weighted by Crippen LogP contribution is 2.43. The maximum absolute atomic E-state index is 5.82. The summed E-state index contributed by atoms with van der Waals surface area (Å²) in [6, 6.07) is 3.96. The SMILES string of the molecule is CSc1cc(N)nc(SCCc2cc3c(C4CC4)coc3cn2)n1. The topological polar surface area (TPSA) is 77.8 Å². The maximum atomic E-state index is 5.82. The van der Waals surface area contributed by atoms with Gasteiger partial charge in [0, 0.05) is 28.5 Å². The fourth-order valence-electron chi connectivity index (χ4n) is 2.68. The van der Waals surface area contributed by atoms with E-state index in [0.29, 0.717) is 11.7 Å². The normalized spacial score (nSPS) is 14.4. The van der Waals surface area contributed by atoms with Crippen molar-refractivity contribution in [3.63, 3.8) is 0 Å². The van der Waals surface area contributed by atoms with Gasteiger partial charge in [-0.05, 0) is 37.5 Å². The van der Waals surface area contributed by atoms with Crippen LogP contribution in [0.1, 0.15) is 30.0 Å². The molecule has 0 atom stereocenters. The Bertz CT molecular complexity index is 876. The molecule has 0 bridgehead atoms. The highest BCUT2D eigenvalue weighted by molar-refractivity contribution is 7.99. The van der Waals surface area contributed by atoms with E-state index in [1.807, 2.05) is 18.7 Å². The minimum atomic E-state index is 0.517. The summed E-state index contributed by atoms with van der Waals surface area (Å²) in [6.07, 6.45) is 9.12. The molecule has 2 N–H and O–H groups in total. The van der Waals surface area contributed by atoms with Gasteiger partial charge in [-0.25, -0.2) is 9.97 Å². The van der Waals surface area contributed by atoms with Crippen molar-refractivity contribution in [1.29, 1.82) is 0 Å². The maximum Gasteiger partial charge on any atom is 0.190 e. The standard InChI is InChI=1S/C17H18N4OS2/c1-23-16-7-15(18)20-17(21-16)24-5-4-11-6-12-13(10-2-3-10)9-22-14(12)8-19-11/h6-10H,2-5H2,1H3,(H2,18,20,21). The number of fused-ring (bicyclic) bond motifs is 1. The highest BCUT2D eigenvalue weighted by atomic mass is 32.2. The first-order valence-electron chi connectivity index (χ1n) is 7.90. The summed E-state index contributed by atoms with van der Waals surface area (Å²) in [7, 11) is 0. The molecule has 0 aliphatic heterocycles. The van der Waals surface area contributed by atoms with Crippen molar-refractivity contribution < 1.29 is 4.42 Å². The molecule has 3 aromatic rings. The molecule has 24 heavy (non-hydrogen) atoms. The molecule has 0 saturated heterocycles. The molecule has 1 aliphatic rings. The number of thioether (sulfide) groups is 2. The Morgan fingerprint density at radius 2 is 2.17 bits per heavy atom. The van der Waals surface area contributed by atoms with Gasteiger partial charge in [-0.15, -0.1) is 11.8 Å². The van der Waals surface area contributed by atoms with Crippen LogP contribution in [0.15, 0.2) is 39.2 Å². The van der Waals surface area contributed by atoms with Gasteiger partial charge in [-0.3, -0.25) is 4.98 Å². The summed E-state index contributed by atoms with van der Waals surface area (Å²) in [4.78, 5) is 13.3. The Hall–Kier alpha value is -1.73. The number of nitrogens with two attached hydrogens (primary N) is 1. The molecule has 4 rings (SSSR count). The van der Waals surface area contributed by atoms with Crippen LogP contribution in [0.25, 0.3) is 11.0 Å². The molecular weight excluding hydrogens is 340 g/mol. The van der Waals surface area contributed by atoms with E-state index in [0.717, 1.165) is 33.6 Å². The van der Waals surface area contributed by atoms with E-state index in [9.17, 15) is 0 Å². The van der Waals surface area contributed by atoms with Crippen LogP contribution >= 0.6 is 23.5 Å². The van der Waals surface area contributed by atoms with Crippen LogP contribution in [0, 0.1) is 0 Å². The molecular formula is C17H18N4OS2. The number of pyridine rings is 1. The second-order valence-electron chi connectivity index (χ2n) is 5.85. The molecule has 1 saturated carbocycles. The first kappa shape index (κ1) is 15.8. The van der Waals surface area contributed by atoms with Gasteiger partial charge in [0.15, 0.2) is 10.7 Å². The zero-order chi connectivity index (χ0) is 16.5. The molecule has 0 unspecified atom stereocenters. The van der Waals surface area contributed by atoms with Gasteiger partial charge in [0.25, 0.3) is 0 Å². The van der Waals surface area contributed by atoms with Gasteiger partial charge in [-0.2, -0.15) is 0 Å². The van der Waals surface area contributed by atoms with Crippen LogP contribution in [-0.2, 0) is 6.42 Å². The predicted octanol–water partition coefficient (Wildman–Crippen LogP) is 4.13. The number of anilines is 1. The Morgan fingerprint density at radius 3 is 2.96 bits per heavy atom. The Kier molecular flexibility index (Phi) is 4.37. The third kappa shape index (κ3) is 3.37. The van der Waals surface area contributed by atoms with Crippen molar-refractivity contribution in [2.24, 2.45) is 0 Å². The predicted molar refractivity (Wildman–Crippen MR) is 98.6 cm³/mol. The molecule has 0 spiro atoms. The van der Waals surface area contributed by atoms with Crippen molar-refractivity contribution in [1.82, 2.24) is 15.0 Å². The molecule has 1 fully saturated rings. The van der Waals surface area contributed by atoms with E-state index < -0.39 is 0 Å². The second-order valence-corrected chi connectivity index (χ2v) is 7.74. The van der Waals surface area contributed by atoms with Crippen molar-refractivity contribution in [3.05, 3.63) is 35.9 Å². The van der Waals surface area contributed by atoms with Crippen molar-refractivity contribution >= 4 is 40.3 Å². The third-order valence-electron chi connectivity index (χ3n) is 4.07. The van der Waals surface area contributed by atoms with Crippen LogP contribution in [0.3, 0.4) is 0 Å². The van der Waals surface area contributed by atoms with Gasteiger partial charge in [0.2, 0.25) is 0 Å². The number of nitrogens with zero attached hydrogens (tertiary/aromatic N) is 3.